The zero-order valence-corrected chi connectivity index (χ0v) is 18.4. The quantitative estimate of drug-likeness (QED) is 0.429. The Kier molecular flexibility index (Phi) is 5.73. The Balaban J connectivity index is 1.53. The number of carbonyl (C=O) groups excluding carboxylic acids is 2. The monoisotopic (exact) mass is 469 g/mol. The van der Waals surface area contributed by atoms with E-state index in [1.54, 1.807) is 30.3 Å². The van der Waals surface area contributed by atoms with Gasteiger partial charge in [-0.25, -0.2) is 18.0 Å². The van der Waals surface area contributed by atoms with Crippen LogP contribution >= 0.6 is 0 Å². The summed E-state index contributed by atoms with van der Waals surface area (Å²) in [5.74, 6) is -0.918. The maximum atomic E-state index is 12.5. The van der Waals surface area contributed by atoms with Crippen molar-refractivity contribution in [2.75, 3.05) is 5.32 Å². The second kappa shape index (κ2) is 8.51. The molecule has 4 rings (SSSR count). The predicted octanol–water partition coefficient (Wildman–Crippen LogP) is 1.92. The van der Waals surface area contributed by atoms with E-state index in [4.69, 9.17) is 9.15 Å². The summed E-state index contributed by atoms with van der Waals surface area (Å²) in [7, 11) is -3.73. The molecule has 0 radical (unpaired) electrons. The van der Waals surface area contributed by atoms with Crippen LogP contribution in [-0.4, -0.2) is 32.2 Å². The zero-order valence-electron chi connectivity index (χ0n) is 17.6. The van der Waals surface area contributed by atoms with E-state index in [9.17, 15) is 22.8 Å². The van der Waals surface area contributed by atoms with Crippen molar-refractivity contribution in [1.82, 2.24) is 4.72 Å². The van der Waals surface area contributed by atoms with E-state index in [1.165, 1.54) is 32.0 Å². The Hall–Kier alpha value is -3.99. The highest BCUT2D eigenvalue weighted by molar-refractivity contribution is 7.90. The van der Waals surface area contributed by atoms with Crippen molar-refractivity contribution in [3.05, 3.63) is 70.1 Å². The lowest BCUT2D eigenvalue weighted by Gasteiger charge is -2.11. The van der Waals surface area contributed by atoms with Gasteiger partial charge in [-0.1, -0.05) is 12.1 Å². The number of amides is 1. The van der Waals surface area contributed by atoms with Crippen molar-refractivity contribution < 1.29 is 27.2 Å². The number of benzene rings is 2. The molecule has 3 aromatic rings. The summed E-state index contributed by atoms with van der Waals surface area (Å²) in [5.41, 5.74) is 0.828. The second-order valence-electron chi connectivity index (χ2n) is 7.35. The van der Waals surface area contributed by atoms with E-state index in [-0.39, 0.29) is 28.8 Å². The molecule has 2 N–H and O–H groups in total. The van der Waals surface area contributed by atoms with Crippen LogP contribution in [0.25, 0.3) is 11.0 Å². The molecule has 1 aromatic heterocycles. The number of nitrogens with zero attached hydrogens (tertiary/aromatic N) is 1. The number of aliphatic imine (C=N–C) groups is 1. The standard InChI is InChI=1S/C22H19N3O7S/c1-12(23-21-17-5-3-4-6-19(17)33(29,30)25-21)22(28)31-11-14-9-20(27)32-18-10-15(24-13(2)26)7-8-16(14)18/h3-10,12H,11H2,1-2H3,(H,23,25)(H,24,26). The molecular formula is C22H19N3O7S. The Morgan fingerprint density at radius 1 is 1.18 bits per heavy atom. The summed E-state index contributed by atoms with van der Waals surface area (Å²) in [6.45, 7) is 2.61. The number of esters is 1. The Morgan fingerprint density at radius 2 is 1.94 bits per heavy atom. The summed E-state index contributed by atoms with van der Waals surface area (Å²) >= 11 is 0. The lowest BCUT2D eigenvalue weighted by molar-refractivity contribution is -0.145. The van der Waals surface area contributed by atoms with Crippen LogP contribution in [0.4, 0.5) is 5.69 Å². The van der Waals surface area contributed by atoms with Gasteiger partial charge in [-0.05, 0) is 31.2 Å². The molecule has 0 aliphatic carbocycles. The van der Waals surface area contributed by atoms with Gasteiger partial charge in [-0.2, -0.15) is 0 Å². The van der Waals surface area contributed by atoms with Gasteiger partial charge in [0, 0.05) is 41.3 Å². The van der Waals surface area contributed by atoms with E-state index in [2.05, 4.69) is 15.0 Å². The number of amidine groups is 1. The summed E-state index contributed by atoms with van der Waals surface area (Å²) in [4.78, 5) is 40.0. The van der Waals surface area contributed by atoms with Crippen LogP contribution in [0.1, 0.15) is 25.0 Å². The largest absolute Gasteiger partial charge is 0.459 e. The fourth-order valence-corrected chi connectivity index (χ4v) is 4.62. The normalized spacial score (nSPS) is 16.1. The minimum Gasteiger partial charge on any atom is -0.459 e. The van der Waals surface area contributed by atoms with Crippen LogP contribution < -0.4 is 15.7 Å². The third-order valence-electron chi connectivity index (χ3n) is 4.85. The first-order valence-corrected chi connectivity index (χ1v) is 11.3. The van der Waals surface area contributed by atoms with Gasteiger partial charge in [0.1, 0.15) is 24.1 Å². The van der Waals surface area contributed by atoms with Crippen molar-refractivity contribution in [3.8, 4) is 0 Å². The molecule has 11 heteroatoms. The van der Waals surface area contributed by atoms with Crippen molar-refractivity contribution in [3.63, 3.8) is 0 Å². The van der Waals surface area contributed by atoms with E-state index in [0.717, 1.165) is 0 Å². The average molecular weight is 469 g/mol. The average Bonchev–Trinajstić information content (AvgIpc) is 3.01. The Morgan fingerprint density at radius 3 is 2.70 bits per heavy atom. The summed E-state index contributed by atoms with van der Waals surface area (Å²) in [6.07, 6.45) is 0. The number of rotatable bonds is 5. The van der Waals surface area contributed by atoms with Crippen LogP contribution in [0.2, 0.25) is 0 Å². The Labute approximate surface area is 188 Å². The van der Waals surface area contributed by atoms with Crippen LogP contribution in [0, 0.1) is 0 Å². The fourth-order valence-electron chi connectivity index (χ4n) is 3.38. The number of anilines is 1. The summed E-state index contributed by atoms with van der Waals surface area (Å²) in [5, 5.41) is 3.13. The number of hydrogen-bond acceptors (Lipinski definition) is 8. The van der Waals surface area contributed by atoms with Crippen molar-refractivity contribution in [2.45, 2.75) is 31.4 Å². The van der Waals surface area contributed by atoms with E-state index in [1.807, 2.05) is 0 Å². The minimum absolute atomic E-state index is 0.0614. The third-order valence-corrected chi connectivity index (χ3v) is 6.24. The Bertz CT molecular complexity index is 1470. The molecule has 10 nitrogen and oxygen atoms in total. The lowest BCUT2D eigenvalue weighted by Crippen LogP contribution is -2.26. The molecule has 1 aliphatic heterocycles. The third kappa shape index (κ3) is 4.62. The number of hydrogen-bond donors (Lipinski definition) is 2. The van der Waals surface area contributed by atoms with Gasteiger partial charge < -0.3 is 14.5 Å². The molecule has 1 aliphatic rings. The van der Waals surface area contributed by atoms with Crippen molar-refractivity contribution in [1.29, 1.82) is 0 Å². The molecule has 0 fully saturated rings. The molecular weight excluding hydrogens is 450 g/mol. The number of fused-ring (bicyclic) bond motifs is 2. The molecule has 0 bridgehead atoms. The summed E-state index contributed by atoms with van der Waals surface area (Å²) < 4.78 is 37.2. The predicted molar refractivity (Wildman–Crippen MR) is 119 cm³/mol. The lowest BCUT2D eigenvalue weighted by atomic mass is 10.1. The molecule has 2 heterocycles. The van der Waals surface area contributed by atoms with Crippen LogP contribution in [0.3, 0.4) is 0 Å². The van der Waals surface area contributed by atoms with Crippen molar-refractivity contribution in [2.24, 2.45) is 4.99 Å². The molecule has 1 amide bonds. The number of nitrogens with one attached hydrogen (secondary N) is 2. The molecule has 0 saturated heterocycles. The number of sulfonamides is 1. The van der Waals surface area contributed by atoms with E-state index >= 15 is 0 Å². The number of carbonyl (C=O) groups is 2. The SMILES string of the molecule is CC(=O)Nc1ccc2c(COC(=O)C(C)N=C3NS(=O)(=O)c4ccccc43)cc(=O)oc2c1. The maximum Gasteiger partial charge on any atom is 0.336 e. The van der Waals surface area contributed by atoms with Gasteiger partial charge >= 0.3 is 11.6 Å². The highest BCUT2D eigenvalue weighted by Gasteiger charge is 2.31. The summed E-state index contributed by atoms with van der Waals surface area (Å²) in [6, 6.07) is 11.3. The van der Waals surface area contributed by atoms with Gasteiger partial charge in [0.05, 0.1) is 4.90 Å². The molecule has 170 valence electrons. The van der Waals surface area contributed by atoms with Crippen LogP contribution in [0.15, 0.2) is 67.6 Å². The van der Waals surface area contributed by atoms with Gasteiger partial charge in [-0.3, -0.25) is 14.5 Å². The molecule has 33 heavy (non-hydrogen) atoms. The number of ether oxygens (including phenoxy) is 1. The van der Waals surface area contributed by atoms with E-state index < -0.39 is 27.7 Å². The highest BCUT2D eigenvalue weighted by Crippen LogP contribution is 2.24. The van der Waals surface area contributed by atoms with Crippen molar-refractivity contribution >= 4 is 44.4 Å². The van der Waals surface area contributed by atoms with Crippen LogP contribution in [0.5, 0.6) is 0 Å². The first-order valence-electron chi connectivity index (χ1n) is 9.85. The van der Waals surface area contributed by atoms with Gasteiger partial charge in [0.15, 0.2) is 0 Å². The molecule has 0 spiro atoms. The minimum atomic E-state index is -3.73. The fraction of sp³-hybridized carbons (Fsp3) is 0.182. The second-order valence-corrected chi connectivity index (χ2v) is 9.00. The van der Waals surface area contributed by atoms with Gasteiger partial charge in [0.25, 0.3) is 10.0 Å². The first-order chi connectivity index (χ1) is 15.6. The van der Waals surface area contributed by atoms with Gasteiger partial charge in [-0.15, -0.1) is 0 Å². The molecule has 1 unspecified atom stereocenters. The van der Waals surface area contributed by atoms with Crippen LogP contribution in [-0.2, 0) is 31.0 Å². The maximum absolute atomic E-state index is 12.5. The zero-order chi connectivity index (χ0) is 23.8. The highest BCUT2D eigenvalue weighted by atomic mass is 32.2. The smallest absolute Gasteiger partial charge is 0.336 e. The van der Waals surface area contributed by atoms with E-state index in [0.29, 0.717) is 22.2 Å². The van der Waals surface area contributed by atoms with Gasteiger partial charge in [0.2, 0.25) is 5.91 Å². The first kappa shape index (κ1) is 22.2. The molecule has 1 atom stereocenters. The molecule has 0 saturated carbocycles. The molecule has 2 aromatic carbocycles. The topological polar surface area (TPSA) is 144 Å².